The fraction of sp³-hybridized carbons (Fsp3) is 0.481. The first-order valence-electron chi connectivity index (χ1n) is 12.4. The number of carbonyl (C=O) groups is 1. The molecule has 1 amide bonds. The molecule has 3 rings (SSSR count). The fourth-order valence-corrected chi connectivity index (χ4v) is 4.51. The quantitative estimate of drug-likeness (QED) is 0.323. The molecule has 0 radical (unpaired) electrons. The Morgan fingerprint density at radius 3 is 2.58 bits per heavy atom. The highest BCUT2D eigenvalue weighted by Gasteiger charge is 2.32. The SMILES string of the molecule is CC/C=C\C(=C/CC)c1cc(CNCC2CCC(NC(=O)c3cc(C(F)(F)F)ccc3Cl)CC2)on1. The van der Waals surface area contributed by atoms with Gasteiger partial charge >= 0.3 is 6.18 Å². The summed E-state index contributed by atoms with van der Waals surface area (Å²) in [4.78, 5) is 12.6. The third-order valence-electron chi connectivity index (χ3n) is 6.26. The molecular weight excluding hydrogens is 491 g/mol. The third kappa shape index (κ3) is 7.96. The summed E-state index contributed by atoms with van der Waals surface area (Å²) < 4.78 is 44.5. The van der Waals surface area contributed by atoms with Crippen LogP contribution in [0.3, 0.4) is 0 Å². The Morgan fingerprint density at radius 2 is 1.92 bits per heavy atom. The summed E-state index contributed by atoms with van der Waals surface area (Å²) >= 11 is 5.99. The number of hydrogen-bond donors (Lipinski definition) is 2. The van der Waals surface area contributed by atoms with Crippen LogP contribution in [0.1, 0.15) is 79.7 Å². The van der Waals surface area contributed by atoms with Gasteiger partial charge in [-0.25, -0.2) is 0 Å². The maximum Gasteiger partial charge on any atom is 0.416 e. The number of amides is 1. The van der Waals surface area contributed by atoms with Crippen LogP contribution in [0.2, 0.25) is 5.02 Å². The van der Waals surface area contributed by atoms with Gasteiger partial charge in [0.05, 0.1) is 22.7 Å². The van der Waals surface area contributed by atoms with Crippen molar-refractivity contribution in [1.29, 1.82) is 0 Å². The Hall–Kier alpha value is -2.58. The van der Waals surface area contributed by atoms with Gasteiger partial charge in [-0.15, -0.1) is 0 Å². The molecule has 196 valence electrons. The van der Waals surface area contributed by atoms with Gasteiger partial charge in [0.2, 0.25) is 0 Å². The van der Waals surface area contributed by atoms with Crippen LogP contribution in [-0.2, 0) is 12.7 Å². The van der Waals surface area contributed by atoms with Crippen LogP contribution in [0.25, 0.3) is 5.57 Å². The van der Waals surface area contributed by atoms with E-state index in [1.807, 2.05) is 6.07 Å². The Balaban J connectivity index is 1.44. The lowest BCUT2D eigenvalue weighted by Crippen LogP contribution is -2.39. The van der Waals surface area contributed by atoms with E-state index in [4.69, 9.17) is 16.1 Å². The molecule has 0 bridgehead atoms. The summed E-state index contributed by atoms with van der Waals surface area (Å²) in [5.74, 6) is 0.649. The Labute approximate surface area is 215 Å². The van der Waals surface area contributed by atoms with Crippen molar-refractivity contribution in [3.63, 3.8) is 0 Å². The number of alkyl halides is 3. The molecule has 1 aromatic heterocycles. The maximum absolute atomic E-state index is 13.0. The zero-order chi connectivity index (χ0) is 26.1. The van der Waals surface area contributed by atoms with Gasteiger partial charge in [0.25, 0.3) is 5.91 Å². The summed E-state index contributed by atoms with van der Waals surface area (Å²) in [5.41, 5.74) is 0.848. The fourth-order valence-electron chi connectivity index (χ4n) is 4.30. The lowest BCUT2D eigenvalue weighted by atomic mass is 9.86. The van der Waals surface area contributed by atoms with Gasteiger partial charge in [-0.05, 0) is 74.8 Å². The van der Waals surface area contributed by atoms with Crippen LogP contribution in [-0.4, -0.2) is 23.7 Å². The number of rotatable bonds is 10. The van der Waals surface area contributed by atoms with Gasteiger partial charge in [-0.1, -0.05) is 48.8 Å². The van der Waals surface area contributed by atoms with Gasteiger partial charge in [0, 0.05) is 12.1 Å². The van der Waals surface area contributed by atoms with Gasteiger partial charge < -0.3 is 15.2 Å². The Bertz CT molecular complexity index is 1070. The number of nitrogens with one attached hydrogen (secondary N) is 2. The molecule has 0 spiro atoms. The van der Waals surface area contributed by atoms with Crippen molar-refractivity contribution in [3.05, 3.63) is 70.1 Å². The van der Waals surface area contributed by atoms with Crippen molar-refractivity contribution in [2.45, 2.75) is 71.1 Å². The second kappa shape index (κ2) is 13.1. The number of hydrogen-bond acceptors (Lipinski definition) is 4. The molecular formula is C27H33ClF3N3O2. The average Bonchev–Trinajstić information content (AvgIpc) is 3.31. The smallest absolute Gasteiger partial charge is 0.359 e. The standard InChI is InChI=1S/C27H33ClF3N3O2/c1-3-5-7-19(6-4-2)25-15-22(36-34-25)17-32-16-18-8-11-21(12-9-18)33-26(35)23-14-20(27(29,30)31)10-13-24(23)28/h5-7,10,13-15,18,21,32H,3-4,8-9,11-12,16-17H2,1-2H3,(H,33,35)/b7-5-,19-6+. The first-order chi connectivity index (χ1) is 17.2. The first-order valence-corrected chi connectivity index (χ1v) is 12.8. The minimum Gasteiger partial charge on any atom is -0.359 e. The summed E-state index contributed by atoms with van der Waals surface area (Å²) in [5, 5.41) is 10.5. The van der Waals surface area contributed by atoms with Gasteiger partial charge in [0.1, 0.15) is 5.69 Å². The van der Waals surface area contributed by atoms with Crippen LogP contribution in [0.5, 0.6) is 0 Å². The molecule has 0 unspecified atom stereocenters. The van der Waals surface area contributed by atoms with Crippen molar-refractivity contribution in [2.75, 3.05) is 6.54 Å². The number of nitrogens with zero attached hydrogens (tertiary/aromatic N) is 1. The summed E-state index contributed by atoms with van der Waals surface area (Å²) in [7, 11) is 0. The molecule has 1 fully saturated rings. The van der Waals surface area contributed by atoms with Gasteiger partial charge in [-0.3, -0.25) is 4.79 Å². The van der Waals surface area contributed by atoms with Crippen molar-refractivity contribution in [1.82, 2.24) is 15.8 Å². The van der Waals surface area contributed by atoms with E-state index in [9.17, 15) is 18.0 Å². The number of carbonyl (C=O) groups excluding carboxylic acids is 1. The van der Waals surface area contributed by atoms with E-state index in [0.717, 1.165) is 80.3 Å². The number of aromatic nitrogens is 1. The molecule has 0 saturated heterocycles. The molecule has 2 aromatic rings. The molecule has 36 heavy (non-hydrogen) atoms. The predicted octanol–water partition coefficient (Wildman–Crippen LogP) is 7.18. The van der Waals surface area contributed by atoms with Crippen molar-refractivity contribution in [3.8, 4) is 0 Å². The molecule has 0 aliphatic heterocycles. The molecule has 1 aromatic carbocycles. The zero-order valence-electron chi connectivity index (χ0n) is 20.6. The van der Waals surface area contributed by atoms with Crippen LogP contribution < -0.4 is 10.6 Å². The molecule has 1 saturated carbocycles. The highest BCUT2D eigenvalue weighted by Crippen LogP contribution is 2.32. The molecule has 0 atom stereocenters. The second-order valence-electron chi connectivity index (χ2n) is 9.07. The van der Waals surface area contributed by atoms with E-state index >= 15 is 0 Å². The van der Waals surface area contributed by atoms with Gasteiger partial charge in [0.15, 0.2) is 5.76 Å². The Kier molecular flexibility index (Phi) is 10.2. The van der Waals surface area contributed by atoms with E-state index in [1.54, 1.807) is 0 Å². The van der Waals surface area contributed by atoms with Crippen LogP contribution in [0.4, 0.5) is 13.2 Å². The normalized spacial score (nSPS) is 19.1. The van der Waals surface area contributed by atoms with Crippen LogP contribution >= 0.6 is 11.6 Å². The van der Waals surface area contributed by atoms with Crippen molar-refractivity contribution >= 4 is 23.1 Å². The summed E-state index contributed by atoms with van der Waals surface area (Å²) in [6, 6.07) is 4.67. The molecule has 1 aliphatic rings. The van der Waals surface area contributed by atoms with E-state index in [0.29, 0.717) is 12.5 Å². The molecule has 1 aliphatic carbocycles. The predicted molar refractivity (Wildman–Crippen MR) is 136 cm³/mol. The van der Waals surface area contributed by atoms with Gasteiger partial charge in [-0.2, -0.15) is 13.2 Å². The third-order valence-corrected chi connectivity index (χ3v) is 6.59. The van der Waals surface area contributed by atoms with E-state index in [1.165, 1.54) is 0 Å². The van der Waals surface area contributed by atoms with E-state index in [-0.39, 0.29) is 16.6 Å². The number of allylic oxidation sites excluding steroid dienone is 4. The van der Waals surface area contributed by atoms with Crippen molar-refractivity contribution < 1.29 is 22.5 Å². The van der Waals surface area contributed by atoms with E-state index in [2.05, 4.69) is 47.9 Å². The number of benzene rings is 1. The minimum atomic E-state index is -4.53. The largest absolute Gasteiger partial charge is 0.416 e. The molecule has 5 nitrogen and oxygen atoms in total. The monoisotopic (exact) mass is 523 g/mol. The molecule has 1 heterocycles. The zero-order valence-corrected chi connectivity index (χ0v) is 21.4. The lowest BCUT2D eigenvalue weighted by Gasteiger charge is -2.29. The maximum atomic E-state index is 13.0. The first kappa shape index (κ1) is 28.0. The molecule has 9 heteroatoms. The molecule has 2 N–H and O–H groups in total. The summed E-state index contributed by atoms with van der Waals surface area (Å²) in [6.07, 6.45) is 6.96. The average molecular weight is 524 g/mol. The van der Waals surface area contributed by atoms with Crippen LogP contribution in [0.15, 0.2) is 47.0 Å². The highest BCUT2D eigenvalue weighted by atomic mass is 35.5. The summed E-state index contributed by atoms with van der Waals surface area (Å²) in [6.45, 7) is 5.56. The topological polar surface area (TPSA) is 67.2 Å². The van der Waals surface area contributed by atoms with Crippen molar-refractivity contribution in [2.24, 2.45) is 5.92 Å². The second-order valence-corrected chi connectivity index (χ2v) is 9.48. The lowest BCUT2D eigenvalue weighted by molar-refractivity contribution is -0.137. The highest BCUT2D eigenvalue weighted by molar-refractivity contribution is 6.33. The van der Waals surface area contributed by atoms with E-state index < -0.39 is 17.6 Å². The Morgan fingerprint density at radius 1 is 1.17 bits per heavy atom. The minimum absolute atomic E-state index is 0.00708. The van der Waals surface area contributed by atoms with Crippen LogP contribution in [0, 0.1) is 5.92 Å². The number of halogens is 4.